The number of methoxy groups -OCH3 is 1. The minimum Gasteiger partial charge on any atom is -0.388 e. The van der Waals surface area contributed by atoms with Gasteiger partial charge in [0.2, 0.25) is 5.79 Å². The normalized spacial score (nSPS) is 34.0. The van der Waals surface area contributed by atoms with Crippen molar-refractivity contribution in [1.29, 1.82) is 0 Å². The van der Waals surface area contributed by atoms with Crippen LogP contribution in [0.1, 0.15) is 51.7 Å². The number of benzene rings is 1. The van der Waals surface area contributed by atoms with Crippen LogP contribution in [0.4, 0.5) is 0 Å². The average molecular weight is 380 g/mol. The van der Waals surface area contributed by atoms with Crippen LogP contribution in [0.25, 0.3) is 0 Å². The predicted octanol–water partition coefficient (Wildman–Crippen LogP) is 3.19. The SMILES string of the molecule is CCCCC(O[C@@H]1[C@H](OC)[C@H](O)CO[C@]12COC(C)(C)O2)c1ccccc1. The zero-order valence-corrected chi connectivity index (χ0v) is 16.7. The molecule has 1 N–H and O–H groups in total. The second kappa shape index (κ2) is 8.55. The minimum absolute atomic E-state index is 0.114. The summed E-state index contributed by atoms with van der Waals surface area (Å²) in [5.41, 5.74) is 1.09. The number of ether oxygens (including phenoxy) is 5. The molecule has 152 valence electrons. The van der Waals surface area contributed by atoms with E-state index in [-0.39, 0.29) is 19.3 Å². The lowest BCUT2D eigenvalue weighted by atomic mass is 9.95. The summed E-state index contributed by atoms with van der Waals surface area (Å²) in [4.78, 5) is 0. The highest BCUT2D eigenvalue weighted by molar-refractivity contribution is 5.18. The summed E-state index contributed by atoms with van der Waals surface area (Å²) in [7, 11) is 1.58. The maximum absolute atomic E-state index is 10.4. The molecular formula is C21H32O6. The van der Waals surface area contributed by atoms with Gasteiger partial charge in [-0.25, -0.2) is 0 Å². The Morgan fingerprint density at radius 1 is 1.22 bits per heavy atom. The third-order valence-electron chi connectivity index (χ3n) is 5.22. The second-order valence-corrected chi connectivity index (χ2v) is 7.78. The van der Waals surface area contributed by atoms with Crippen LogP contribution in [0.15, 0.2) is 30.3 Å². The van der Waals surface area contributed by atoms with E-state index < -0.39 is 29.9 Å². The Kier molecular flexibility index (Phi) is 6.56. The molecule has 0 bridgehead atoms. The molecule has 2 heterocycles. The Bertz CT molecular complexity index is 592. The molecule has 1 aromatic rings. The highest BCUT2D eigenvalue weighted by Crippen LogP contribution is 2.42. The molecule has 0 aromatic heterocycles. The molecule has 1 unspecified atom stereocenters. The number of hydrogen-bond donors (Lipinski definition) is 1. The molecule has 3 rings (SSSR count). The topological polar surface area (TPSA) is 66.4 Å². The zero-order chi connectivity index (χ0) is 19.5. The van der Waals surface area contributed by atoms with Crippen LogP contribution < -0.4 is 0 Å². The average Bonchev–Trinajstić information content (AvgIpc) is 2.98. The first kappa shape index (κ1) is 20.7. The Morgan fingerprint density at radius 2 is 1.96 bits per heavy atom. The standard InChI is InChI=1S/C21H32O6/c1-5-6-12-17(15-10-8-7-9-11-15)26-19-18(23-4)16(22)13-24-21(19)14-25-20(2,3)27-21/h7-11,16-19,22H,5-6,12-14H2,1-4H3/t16-,17?,18-,19-,21+/m1/s1. The summed E-state index contributed by atoms with van der Waals surface area (Å²) in [6, 6.07) is 10.1. The van der Waals surface area contributed by atoms with E-state index >= 15 is 0 Å². The van der Waals surface area contributed by atoms with Crippen molar-refractivity contribution in [2.45, 2.75) is 76.0 Å². The van der Waals surface area contributed by atoms with Crippen LogP contribution in [-0.4, -0.2) is 55.3 Å². The third-order valence-corrected chi connectivity index (χ3v) is 5.22. The fraction of sp³-hybridized carbons (Fsp3) is 0.714. The quantitative estimate of drug-likeness (QED) is 0.784. The molecule has 2 saturated heterocycles. The van der Waals surface area contributed by atoms with Gasteiger partial charge in [0.1, 0.15) is 24.9 Å². The van der Waals surface area contributed by atoms with Gasteiger partial charge < -0.3 is 28.8 Å². The molecule has 2 fully saturated rings. The van der Waals surface area contributed by atoms with E-state index in [9.17, 15) is 5.11 Å². The molecule has 1 spiro atoms. The lowest BCUT2D eigenvalue weighted by Crippen LogP contribution is -2.64. The maximum atomic E-state index is 10.4. The van der Waals surface area contributed by atoms with Gasteiger partial charge in [0.15, 0.2) is 5.79 Å². The van der Waals surface area contributed by atoms with Crippen molar-refractivity contribution in [2.75, 3.05) is 20.3 Å². The van der Waals surface area contributed by atoms with E-state index in [1.807, 2.05) is 32.0 Å². The number of aliphatic hydroxyl groups is 1. The lowest BCUT2D eigenvalue weighted by Gasteiger charge is -2.46. The summed E-state index contributed by atoms with van der Waals surface area (Å²) in [5, 5.41) is 10.4. The lowest BCUT2D eigenvalue weighted by molar-refractivity contribution is -0.354. The van der Waals surface area contributed by atoms with Crippen molar-refractivity contribution >= 4 is 0 Å². The minimum atomic E-state index is -1.09. The molecule has 0 radical (unpaired) electrons. The van der Waals surface area contributed by atoms with Crippen LogP contribution in [0.2, 0.25) is 0 Å². The summed E-state index contributed by atoms with van der Waals surface area (Å²) in [5.74, 6) is -1.88. The Labute approximate surface area is 161 Å². The van der Waals surface area contributed by atoms with Crippen molar-refractivity contribution in [3.05, 3.63) is 35.9 Å². The molecule has 2 aliphatic rings. The first-order valence-electron chi connectivity index (χ1n) is 9.80. The third kappa shape index (κ3) is 4.53. The molecule has 6 nitrogen and oxygen atoms in total. The molecule has 5 atom stereocenters. The molecule has 2 aliphatic heterocycles. The molecule has 0 aliphatic carbocycles. The van der Waals surface area contributed by atoms with Gasteiger partial charge in [0.05, 0.1) is 12.7 Å². The van der Waals surface area contributed by atoms with E-state index in [0.29, 0.717) is 0 Å². The molecule has 1 aromatic carbocycles. The van der Waals surface area contributed by atoms with Gasteiger partial charge >= 0.3 is 0 Å². The van der Waals surface area contributed by atoms with Crippen molar-refractivity contribution < 1.29 is 28.8 Å². The van der Waals surface area contributed by atoms with Crippen LogP contribution in [0.3, 0.4) is 0 Å². The Balaban J connectivity index is 1.89. The number of aliphatic hydroxyl groups excluding tert-OH is 1. The fourth-order valence-corrected chi connectivity index (χ4v) is 3.83. The monoisotopic (exact) mass is 380 g/mol. The van der Waals surface area contributed by atoms with Crippen LogP contribution in [0, 0.1) is 0 Å². The first-order valence-corrected chi connectivity index (χ1v) is 9.80. The van der Waals surface area contributed by atoms with Crippen molar-refractivity contribution in [3.63, 3.8) is 0 Å². The van der Waals surface area contributed by atoms with Crippen LogP contribution >= 0.6 is 0 Å². The van der Waals surface area contributed by atoms with E-state index in [4.69, 9.17) is 23.7 Å². The first-order chi connectivity index (χ1) is 12.9. The van der Waals surface area contributed by atoms with Crippen molar-refractivity contribution in [1.82, 2.24) is 0 Å². The molecule has 6 heteroatoms. The van der Waals surface area contributed by atoms with Gasteiger partial charge in [-0.2, -0.15) is 0 Å². The maximum Gasteiger partial charge on any atom is 0.224 e. The second-order valence-electron chi connectivity index (χ2n) is 7.78. The summed E-state index contributed by atoms with van der Waals surface area (Å²) >= 11 is 0. The Hall–Kier alpha value is -1.02. The van der Waals surface area contributed by atoms with E-state index in [2.05, 4.69) is 19.1 Å². The van der Waals surface area contributed by atoms with Gasteiger partial charge in [-0.3, -0.25) is 0 Å². The summed E-state index contributed by atoms with van der Waals surface area (Å²) < 4.78 is 30.1. The van der Waals surface area contributed by atoms with Crippen molar-refractivity contribution in [2.24, 2.45) is 0 Å². The van der Waals surface area contributed by atoms with Gasteiger partial charge in [-0.1, -0.05) is 50.1 Å². The van der Waals surface area contributed by atoms with Crippen LogP contribution in [-0.2, 0) is 23.7 Å². The fourth-order valence-electron chi connectivity index (χ4n) is 3.83. The number of rotatable bonds is 7. The summed E-state index contributed by atoms with van der Waals surface area (Å²) in [6.07, 6.45) is 0.848. The molecule has 27 heavy (non-hydrogen) atoms. The van der Waals surface area contributed by atoms with Gasteiger partial charge in [0.25, 0.3) is 0 Å². The number of hydrogen-bond acceptors (Lipinski definition) is 6. The molecular weight excluding hydrogens is 348 g/mol. The van der Waals surface area contributed by atoms with E-state index in [0.717, 1.165) is 24.8 Å². The highest BCUT2D eigenvalue weighted by Gasteiger charge is 2.60. The van der Waals surface area contributed by atoms with Crippen LogP contribution in [0.5, 0.6) is 0 Å². The van der Waals surface area contributed by atoms with E-state index in [1.165, 1.54) is 0 Å². The predicted molar refractivity (Wildman–Crippen MR) is 100 cm³/mol. The highest BCUT2D eigenvalue weighted by atomic mass is 16.8. The summed E-state index contributed by atoms with van der Waals surface area (Å²) in [6.45, 7) is 6.20. The smallest absolute Gasteiger partial charge is 0.224 e. The van der Waals surface area contributed by atoms with Gasteiger partial charge in [0, 0.05) is 7.11 Å². The van der Waals surface area contributed by atoms with E-state index in [1.54, 1.807) is 7.11 Å². The molecule has 0 amide bonds. The van der Waals surface area contributed by atoms with Gasteiger partial charge in [-0.05, 0) is 25.8 Å². The number of unbranched alkanes of at least 4 members (excludes halogenated alkanes) is 1. The van der Waals surface area contributed by atoms with Gasteiger partial charge in [-0.15, -0.1) is 0 Å². The largest absolute Gasteiger partial charge is 0.388 e. The molecule has 0 saturated carbocycles. The van der Waals surface area contributed by atoms with Crippen molar-refractivity contribution in [3.8, 4) is 0 Å². The Morgan fingerprint density at radius 3 is 2.56 bits per heavy atom. The zero-order valence-electron chi connectivity index (χ0n) is 16.7.